The van der Waals surface area contributed by atoms with Gasteiger partial charge >= 0.3 is 0 Å². The van der Waals surface area contributed by atoms with E-state index in [0.29, 0.717) is 34.1 Å². The number of aryl methyl sites for hydroxylation is 1. The Balaban J connectivity index is 1.92. The number of phenolic OH excluding ortho intramolecular Hbond substituents is 1. The number of fused-ring (bicyclic) bond motifs is 1. The van der Waals surface area contributed by atoms with Crippen molar-refractivity contribution in [2.45, 2.75) is 13.0 Å². The number of nitrogens with one attached hydrogen (secondary N) is 1. The lowest BCUT2D eigenvalue weighted by atomic mass is 9.95. The van der Waals surface area contributed by atoms with Crippen molar-refractivity contribution in [1.82, 2.24) is 9.97 Å². The van der Waals surface area contributed by atoms with Crippen molar-refractivity contribution in [1.29, 1.82) is 0 Å². The highest BCUT2D eigenvalue weighted by Gasteiger charge is 2.24. The van der Waals surface area contributed by atoms with E-state index in [2.05, 4.69) is 15.3 Å². The highest BCUT2D eigenvalue weighted by Crippen LogP contribution is 2.43. The van der Waals surface area contributed by atoms with Crippen molar-refractivity contribution in [2.24, 2.45) is 0 Å². The standard InChI is InChI=1S/C25H25N3O4/c1-15-9-11-26-21(12-15)28-22(17-13-19(30-2)25(32-4)20(14-17)31-3)18-8-7-16-6-5-10-27-23(16)24(18)29/h5-14,22,29H,1-4H3,(H,26,28). The van der Waals surface area contributed by atoms with Crippen molar-refractivity contribution in [3.8, 4) is 23.0 Å². The first-order chi connectivity index (χ1) is 15.5. The third-order valence-electron chi connectivity index (χ3n) is 5.32. The highest BCUT2D eigenvalue weighted by atomic mass is 16.5. The van der Waals surface area contributed by atoms with Crippen molar-refractivity contribution in [3.63, 3.8) is 0 Å². The number of rotatable bonds is 7. The van der Waals surface area contributed by atoms with Gasteiger partial charge in [0.2, 0.25) is 5.75 Å². The van der Waals surface area contributed by atoms with Crippen LogP contribution in [0.4, 0.5) is 5.82 Å². The summed E-state index contributed by atoms with van der Waals surface area (Å²) in [5.41, 5.74) is 3.04. The van der Waals surface area contributed by atoms with E-state index in [9.17, 15) is 5.11 Å². The average molecular weight is 431 g/mol. The molecular weight excluding hydrogens is 406 g/mol. The number of ether oxygens (including phenoxy) is 3. The number of phenols is 1. The summed E-state index contributed by atoms with van der Waals surface area (Å²) < 4.78 is 16.6. The molecular formula is C25H25N3O4. The van der Waals surface area contributed by atoms with Gasteiger partial charge in [-0.25, -0.2) is 4.98 Å². The number of nitrogens with zero attached hydrogens (tertiary/aromatic N) is 2. The molecule has 2 aromatic carbocycles. The Bertz CT molecular complexity index is 1230. The number of methoxy groups -OCH3 is 3. The second kappa shape index (κ2) is 9.01. The molecule has 4 rings (SSSR count). The zero-order chi connectivity index (χ0) is 22.7. The second-order valence-corrected chi connectivity index (χ2v) is 7.33. The molecule has 0 amide bonds. The molecule has 4 aromatic rings. The number of pyridine rings is 2. The summed E-state index contributed by atoms with van der Waals surface area (Å²) in [6.07, 6.45) is 3.40. The maximum atomic E-state index is 11.2. The SMILES string of the molecule is COc1cc(C(Nc2cc(C)ccn2)c2ccc3cccnc3c2O)cc(OC)c1OC. The van der Waals surface area contributed by atoms with Crippen LogP contribution < -0.4 is 19.5 Å². The monoisotopic (exact) mass is 431 g/mol. The van der Waals surface area contributed by atoms with Crippen LogP contribution in [0.1, 0.15) is 22.7 Å². The summed E-state index contributed by atoms with van der Waals surface area (Å²) in [5.74, 6) is 2.30. The molecule has 7 nitrogen and oxygen atoms in total. The lowest BCUT2D eigenvalue weighted by molar-refractivity contribution is 0.323. The van der Waals surface area contributed by atoms with Crippen LogP contribution in [0, 0.1) is 6.92 Å². The van der Waals surface area contributed by atoms with Crippen LogP contribution in [0.3, 0.4) is 0 Å². The van der Waals surface area contributed by atoms with E-state index in [4.69, 9.17) is 14.2 Å². The summed E-state index contributed by atoms with van der Waals surface area (Å²) in [6.45, 7) is 2.00. The third-order valence-corrected chi connectivity index (χ3v) is 5.32. The normalized spacial score (nSPS) is 11.8. The van der Waals surface area contributed by atoms with E-state index in [-0.39, 0.29) is 5.75 Å². The zero-order valence-corrected chi connectivity index (χ0v) is 18.4. The van der Waals surface area contributed by atoms with Gasteiger partial charge in [0.05, 0.1) is 27.4 Å². The second-order valence-electron chi connectivity index (χ2n) is 7.33. The van der Waals surface area contributed by atoms with Gasteiger partial charge in [-0.1, -0.05) is 18.2 Å². The molecule has 0 saturated heterocycles. The summed E-state index contributed by atoms with van der Waals surface area (Å²) in [4.78, 5) is 8.82. The van der Waals surface area contributed by atoms with Crippen LogP contribution in [0.15, 0.2) is 60.9 Å². The number of anilines is 1. The minimum atomic E-state index is -0.468. The van der Waals surface area contributed by atoms with Gasteiger partial charge in [0.1, 0.15) is 17.1 Å². The Labute approximate surface area is 186 Å². The first kappa shape index (κ1) is 21.2. The van der Waals surface area contributed by atoms with Gasteiger partial charge in [0.15, 0.2) is 11.5 Å². The molecule has 0 saturated carbocycles. The molecule has 0 aliphatic rings. The molecule has 0 aliphatic carbocycles. The fraction of sp³-hybridized carbons (Fsp3) is 0.200. The van der Waals surface area contributed by atoms with Crippen LogP contribution in [-0.2, 0) is 0 Å². The van der Waals surface area contributed by atoms with Crippen molar-refractivity contribution in [3.05, 3.63) is 77.6 Å². The molecule has 164 valence electrons. The average Bonchev–Trinajstić information content (AvgIpc) is 2.82. The molecule has 2 aromatic heterocycles. The van der Waals surface area contributed by atoms with Crippen LogP contribution in [0.25, 0.3) is 10.9 Å². The van der Waals surface area contributed by atoms with E-state index < -0.39 is 6.04 Å². The molecule has 2 heterocycles. The van der Waals surface area contributed by atoms with Crippen molar-refractivity contribution in [2.75, 3.05) is 26.6 Å². The predicted octanol–water partition coefficient (Wildman–Crippen LogP) is 4.87. The molecule has 0 radical (unpaired) electrons. The minimum Gasteiger partial charge on any atom is -0.505 e. The van der Waals surface area contributed by atoms with Crippen molar-refractivity contribution < 1.29 is 19.3 Å². The van der Waals surface area contributed by atoms with Gasteiger partial charge in [-0.2, -0.15) is 0 Å². The maximum Gasteiger partial charge on any atom is 0.203 e. The molecule has 0 spiro atoms. The highest BCUT2D eigenvalue weighted by molar-refractivity contribution is 5.86. The Kier molecular flexibility index (Phi) is 5.98. The summed E-state index contributed by atoms with van der Waals surface area (Å²) in [6, 6.07) is 14.7. The van der Waals surface area contributed by atoms with Gasteiger partial charge in [-0.15, -0.1) is 0 Å². The summed E-state index contributed by atoms with van der Waals surface area (Å²) in [5, 5.41) is 15.5. The Morgan fingerprint density at radius 3 is 2.28 bits per heavy atom. The molecule has 7 heteroatoms. The topological polar surface area (TPSA) is 85.7 Å². The summed E-state index contributed by atoms with van der Waals surface area (Å²) >= 11 is 0. The first-order valence-corrected chi connectivity index (χ1v) is 10.1. The van der Waals surface area contributed by atoms with Gasteiger partial charge in [0.25, 0.3) is 0 Å². The number of aromatic nitrogens is 2. The Morgan fingerprint density at radius 1 is 0.875 bits per heavy atom. The maximum absolute atomic E-state index is 11.2. The van der Waals surface area contributed by atoms with Gasteiger partial charge in [-0.05, 0) is 48.4 Å². The molecule has 2 N–H and O–H groups in total. The smallest absolute Gasteiger partial charge is 0.203 e. The van der Waals surface area contributed by atoms with Crippen LogP contribution in [-0.4, -0.2) is 36.4 Å². The Morgan fingerprint density at radius 2 is 1.62 bits per heavy atom. The minimum absolute atomic E-state index is 0.0991. The van der Waals surface area contributed by atoms with Gasteiger partial charge < -0.3 is 24.6 Å². The lowest BCUT2D eigenvalue weighted by Crippen LogP contribution is -2.14. The summed E-state index contributed by atoms with van der Waals surface area (Å²) in [7, 11) is 4.71. The molecule has 1 atom stereocenters. The molecule has 0 fully saturated rings. The van der Waals surface area contributed by atoms with E-state index in [0.717, 1.165) is 16.5 Å². The Hall–Kier alpha value is -4.00. The van der Waals surface area contributed by atoms with E-state index in [1.807, 2.05) is 55.5 Å². The number of hydrogen-bond donors (Lipinski definition) is 2. The molecule has 0 bridgehead atoms. The lowest BCUT2D eigenvalue weighted by Gasteiger charge is -2.24. The number of aromatic hydroxyl groups is 1. The van der Waals surface area contributed by atoms with Crippen LogP contribution in [0.5, 0.6) is 23.0 Å². The largest absolute Gasteiger partial charge is 0.505 e. The quantitative estimate of drug-likeness (QED) is 0.432. The first-order valence-electron chi connectivity index (χ1n) is 10.1. The molecule has 1 unspecified atom stereocenters. The van der Waals surface area contributed by atoms with E-state index >= 15 is 0 Å². The molecule has 32 heavy (non-hydrogen) atoms. The van der Waals surface area contributed by atoms with Gasteiger partial charge in [0, 0.05) is 23.3 Å². The fourth-order valence-corrected chi connectivity index (χ4v) is 3.75. The zero-order valence-electron chi connectivity index (χ0n) is 18.4. The third kappa shape index (κ3) is 3.97. The fourth-order valence-electron chi connectivity index (χ4n) is 3.75. The van der Waals surface area contributed by atoms with Crippen LogP contribution in [0.2, 0.25) is 0 Å². The van der Waals surface area contributed by atoms with Crippen molar-refractivity contribution >= 4 is 16.7 Å². The predicted molar refractivity (Wildman–Crippen MR) is 124 cm³/mol. The van der Waals surface area contributed by atoms with E-state index in [1.165, 1.54) is 0 Å². The van der Waals surface area contributed by atoms with E-state index in [1.54, 1.807) is 33.7 Å². The number of benzene rings is 2. The van der Waals surface area contributed by atoms with Gasteiger partial charge in [-0.3, -0.25) is 4.98 Å². The molecule has 0 aliphatic heterocycles. The van der Waals surface area contributed by atoms with Crippen LogP contribution >= 0.6 is 0 Å². The number of hydrogen-bond acceptors (Lipinski definition) is 7.